The molecule has 1 heterocycles. The van der Waals surface area contributed by atoms with Crippen molar-refractivity contribution in [2.75, 3.05) is 20.3 Å². The first kappa shape index (κ1) is 14.0. The van der Waals surface area contributed by atoms with Gasteiger partial charge in [0.15, 0.2) is 0 Å². The maximum atomic E-state index is 12.6. The molecule has 0 amide bonds. The standard InChI is InChI=1S/C13H16N2O3S/c1-18-10-12-6-4-8-15(12)19(16,17)13-7-3-2-5-11(13)9-14/h2-3,5,7,12H,4,6,8,10H2,1H3. The summed E-state index contributed by atoms with van der Waals surface area (Å²) in [5.74, 6) is 0. The Morgan fingerprint density at radius 2 is 2.21 bits per heavy atom. The van der Waals surface area contributed by atoms with E-state index < -0.39 is 10.0 Å². The van der Waals surface area contributed by atoms with E-state index in [9.17, 15) is 8.42 Å². The Labute approximate surface area is 113 Å². The molecule has 19 heavy (non-hydrogen) atoms. The highest BCUT2D eigenvalue weighted by Crippen LogP contribution is 2.27. The number of nitrogens with zero attached hydrogens (tertiary/aromatic N) is 2. The van der Waals surface area contributed by atoms with Crippen LogP contribution in [0.4, 0.5) is 0 Å². The molecular weight excluding hydrogens is 264 g/mol. The second-order valence-electron chi connectivity index (χ2n) is 4.48. The monoisotopic (exact) mass is 280 g/mol. The number of hydrogen-bond acceptors (Lipinski definition) is 4. The van der Waals surface area contributed by atoms with Crippen LogP contribution in [0.25, 0.3) is 0 Å². The normalized spacial score (nSPS) is 20.3. The molecule has 0 saturated carbocycles. The first-order chi connectivity index (χ1) is 9.11. The average Bonchev–Trinajstić information content (AvgIpc) is 2.88. The second-order valence-corrected chi connectivity index (χ2v) is 6.33. The molecule has 0 spiro atoms. The van der Waals surface area contributed by atoms with Crippen molar-refractivity contribution in [3.63, 3.8) is 0 Å². The number of methoxy groups -OCH3 is 1. The summed E-state index contributed by atoms with van der Waals surface area (Å²) in [6.45, 7) is 0.865. The Balaban J connectivity index is 2.40. The van der Waals surface area contributed by atoms with E-state index in [4.69, 9.17) is 10.00 Å². The second kappa shape index (κ2) is 5.70. The van der Waals surface area contributed by atoms with Gasteiger partial charge in [-0.2, -0.15) is 9.57 Å². The molecule has 1 aromatic rings. The van der Waals surface area contributed by atoms with Gasteiger partial charge in [0, 0.05) is 19.7 Å². The van der Waals surface area contributed by atoms with Gasteiger partial charge in [0.1, 0.15) is 6.07 Å². The quantitative estimate of drug-likeness (QED) is 0.835. The average molecular weight is 280 g/mol. The van der Waals surface area contributed by atoms with Crippen LogP contribution in [0.2, 0.25) is 0 Å². The van der Waals surface area contributed by atoms with Crippen LogP contribution >= 0.6 is 0 Å². The summed E-state index contributed by atoms with van der Waals surface area (Å²) < 4.78 is 31.8. The lowest BCUT2D eigenvalue weighted by molar-refractivity contribution is 0.149. The Kier molecular flexibility index (Phi) is 4.20. The highest BCUT2D eigenvalue weighted by atomic mass is 32.2. The van der Waals surface area contributed by atoms with Crippen molar-refractivity contribution >= 4 is 10.0 Å². The molecular formula is C13H16N2O3S. The molecule has 1 fully saturated rings. The zero-order valence-corrected chi connectivity index (χ0v) is 11.6. The van der Waals surface area contributed by atoms with E-state index in [1.807, 2.05) is 6.07 Å². The van der Waals surface area contributed by atoms with E-state index in [1.165, 1.54) is 16.4 Å². The summed E-state index contributed by atoms with van der Waals surface area (Å²) in [6.07, 6.45) is 1.61. The van der Waals surface area contributed by atoms with Crippen molar-refractivity contribution in [2.24, 2.45) is 0 Å². The molecule has 6 heteroatoms. The maximum absolute atomic E-state index is 12.6. The molecule has 1 saturated heterocycles. The molecule has 1 aliphatic rings. The number of benzene rings is 1. The van der Waals surface area contributed by atoms with Gasteiger partial charge in [-0.3, -0.25) is 0 Å². The van der Waals surface area contributed by atoms with Crippen molar-refractivity contribution in [1.29, 1.82) is 5.26 Å². The van der Waals surface area contributed by atoms with Crippen molar-refractivity contribution in [3.05, 3.63) is 29.8 Å². The summed E-state index contributed by atoms with van der Waals surface area (Å²) >= 11 is 0. The van der Waals surface area contributed by atoms with Gasteiger partial charge in [-0.1, -0.05) is 12.1 Å². The topological polar surface area (TPSA) is 70.4 Å². The molecule has 2 rings (SSSR count). The molecule has 1 unspecified atom stereocenters. The minimum atomic E-state index is -3.62. The van der Waals surface area contributed by atoms with Crippen LogP contribution in [0.3, 0.4) is 0 Å². The van der Waals surface area contributed by atoms with Crippen LogP contribution in [-0.4, -0.2) is 39.0 Å². The summed E-state index contributed by atoms with van der Waals surface area (Å²) in [5.41, 5.74) is 0.186. The zero-order valence-electron chi connectivity index (χ0n) is 10.7. The van der Waals surface area contributed by atoms with E-state index in [-0.39, 0.29) is 16.5 Å². The molecule has 1 aromatic carbocycles. The summed E-state index contributed by atoms with van der Waals surface area (Å²) in [6, 6.07) is 8.10. The van der Waals surface area contributed by atoms with Gasteiger partial charge in [0.25, 0.3) is 0 Å². The summed E-state index contributed by atoms with van der Waals surface area (Å²) in [7, 11) is -2.06. The van der Waals surface area contributed by atoms with Gasteiger partial charge in [-0.15, -0.1) is 0 Å². The number of sulfonamides is 1. The van der Waals surface area contributed by atoms with E-state index in [0.717, 1.165) is 12.8 Å². The lowest BCUT2D eigenvalue weighted by Gasteiger charge is -2.23. The number of ether oxygens (including phenoxy) is 1. The van der Waals surface area contributed by atoms with Gasteiger partial charge >= 0.3 is 0 Å². The highest BCUT2D eigenvalue weighted by molar-refractivity contribution is 7.89. The first-order valence-electron chi connectivity index (χ1n) is 6.11. The molecule has 0 aromatic heterocycles. The van der Waals surface area contributed by atoms with Gasteiger partial charge < -0.3 is 4.74 Å². The number of nitriles is 1. The Hall–Kier alpha value is -1.42. The van der Waals surface area contributed by atoms with E-state index in [0.29, 0.717) is 13.2 Å². The van der Waals surface area contributed by atoms with E-state index >= 15 is 0 Å². The van der Waals surface area contributed by atoms with Crippen LogP contribution in [-0.2, 0) is 14.8 Å². The maximum Gasteiger partial charge on any atom is 0.244 e. The van der Waals surface area contributed by atoms with Gasteiger partial charge in [-0.25, -0.2) is 8.42 Å². The van der Waals surface area contributed by atoms with Crippen molar-refractivity contribution < 1.29 is 13.2 Å². The number of hydrogen-bond donors (Lipinski definition) is 0. The molecule has 5 nitrogen and oxygen atoms in total. The molecule has 1 atom stereocenters. The van der Waals surface area contributed by atoms with Crippen molar-refractivity contribution in [3.8, 4) is 6.07 Å². The lowest BCUT2D eigenvalue weighted by atomic mass is 10.2. The fraction of sp³-hybridized carbons (Fsp3) is 0.462. The minimum absolute atomic E-state index is 0.0838. The van der Waals surface area contributed by atoms with Crippen LogP contribution < -0.4 is 0 Å². The largest absolute Gasteiger partial charge is 0.383 e. The predicted molar refractivity (Wildman–Crippen MR) is 69.9 cm³/mol. The predicted octanol–water partition coefficient (Wildman–Crippen LogP) is 1.36. The van der Waals surface area contributed by atoms with Crippen LogP contribution in [0, 0.1) is 11.3 Å². The fourth-order valence-corrected chi connectivity index (χ4v) is 4.22. The molecule has 0 radical (unpaired) electrons. The molecule has 1 aliphatic heterocycles. The Bertz CT molecular complexity index is 592. The van der Waals surface area contributed by atoms with Crippen LogP contribution in [0.5, 0.6) is 0 Å². The van der Waals surface area contributed by atoms with Crippen molar-refractivity contribution in [1.82, 2.24) is 4.31 Å². The van der Waals surface area contributed by atoms with E-state index in [2.05, 4.69) is 0 Å². The van der Waals surface area contributed by atoms with Gasteiger partial charge in [0.2, 0.25) is 10.0 Å². The third-order valence-corrected chi connectivity index (χ3v) is 5.29. The fourth-order valence-electron chi connectivity index (χ4n) is 2.39. The smallest absolute Gasteiger partial charge is 0.244 e. The third kappa shape index (κ3) is 2.63. The van der Waals surface area contributed by atoms with Crippen LogP contribution in [0.15, 0.2) is 29.2 Å². The van der Waals surface area contributed by atoms with Gasteiger partial charge in [0.05, 0.1) is 17.1 Å². The Morgan fingerprint density at radius 3 is 2.89 bits per heavy atom. The minimum Gasteiger partial charge on any atom is -0.383 e. The SMILES string of the molecule is COCC1CCCN1S(=O)(=O)c1ccccc1C#N. The summed E-state index contributed by atoms with van der Waals surface area (Å²) in [5, 5.41) is 9.04. The van der Waals surface area contributed by atoms with Crippen LogP contribution in [0.1, 0.15) is 18.4 Å². The lowest BCUT2D eigenvalue weighted by Crippen LogP contribution is -2.38. The molecule has 0 bridgehead atoms. The van der Waals surface area contributed by atoms with E-state index in [1.54, 1.807) is 19.2 Å². The van der Waals surface area contributed by atoms with Gasteiger partial charge in [-0.05, 0) is 25.0 Å². The molecule has 102 valence electrons. The first-order valence-corrected chi connectivity index (χ1v) is 7.55. The number of rotatable bonds is 4. The Morgan fingerprint density at radius 1 is 1.47 bits per heavy atom. The van der Waals surface area contributed by atoms with Crippen molar-refractivity contribution in [2.45, 2.75) is 23.8 Å². The third-order valence-electron chi connectivity index (χ3n) is 3.28. The zero-order chi connectivity index (χ0) is 13.9. The molecule has 0 aliphatic carbocycles. The highest BCUT2D eigenvalue weighted by Gasteiger charge is 2.36. The molecule has 0 N–H and O–H groups in total. The summed E-state index contributed by atoms with van der Waals surface area (Å²) in [4.78, 5) is 0.0838.